The molecule has 1 aromatic rings. The van der Waals surface area contributed by atoms with Gasteiger partial charge in [-0.2, -0.15) is 0 Å². The first kappa shape index (κ1) is 13.0. The Bertz CT molecular complexity index is 372. The Kier molecular flexibility index (Phi) is 4.57. The van der Waals surface area contributed by atoms with E-state index in [0.29, 0.717) is 18.3 Å². The Morgan fingerprint density at radius 1 is 1.29 bits per heavy atom. The van der Waals surface area contributed by atoms with Crippen LogP contribution < -0.4 is 0 Å². The van der Waals surface area contributed by atoms with Gasteiger partial charge >= 0.3 is 0 Å². The topological polar surface area (TPSA) is 9.23 Å². The molecule has 0 spiro atoms. The second-order valence-electron chi connectivity index (χ2n) is 4.93. The third kappa shape index (κ3) is 3.78. The van der Waals surface area contributed by atoms with E-state index in [1.54, 1.807) is 6.07 Å². The predicted octanol–water partition coefficient (Wildman–Crippen LogP) is 4.68. The van der Waals surface area contributed by atoms with Gasteiger partial charge in [-0.05, 0) is 43.7 Å². The van der Waals surface area contributed by atoms with Crippen LogP contribution in [0, 0.1) is 11.7 Å². The molecule has 0 aliphatic heterocycles. The maximum Gasteiger partial charge on any atom is 0.129 e. The normalized spacial score (nSPS) is 24.9. The van der Waals surface area contributed by atoms with Gasteiger partial charge in [0.05, 0.1) is 12.7 Å². The molecule has 0 bridgehead atoms. The van der Waals surface area contributed by atoms with Gasteiger partial charge in [-0.3, -0.25) is 0 Å². The molecule has 1 fully saturated rings. The predicted molar refractivity (Wildman–Crippen MR) is 70.3 cm³/mol. The van der Waals surface area contributed by atoms with Crippen molar-refractivity contribution in [3.8, 4) is 0 Å². The lowest BCUT2D eigenvalue weighted by molar-refractivity contribution is 0.00759. The largest absolute Gasteiger partial charge is 0.373 e. The summed E-state index contributed by atoms with van der Waals surface area (Å²) >= 11 is 3.25. The third-order valence-corrected chi connectivity index (χ3v) is 3.95. The molecule has 0 amide bonds. The fraction of sp³-hybridized carbons (Fsp3) is 0.571. The summed E-state index contributed by atoms with van der Waals surface area (Å²) in [6.45, 7) is 2.67. The highest BCUT2D eigenvalue weighted by Gasteiger charge is 2.18. The molecule has 0 saturated heterocycles. The van der Waals surface area contributed by atoms with Gasteiger partial charge in [-0.1, -0.05) is 28.9 Å². The lowest BCUT2D eigenvalue weighted by atomic mass is 9.89. The Labute approximate surface area is 110 Å². The minimum atomic E-state index is -0.191. The van der Waals surface area contributed by atoms with Gasteiger partial charge in [0.15, 0.2) is 0 Å². The second kappa shape index (κ2) is 5.96. The van der Waals surface area contributed by atoms with Crippen molar-refractivity contribution >= 4 is 15.9 Å². The molecule has 1 nitrogen and oxygen atoms in total. The van der Waals surface area contributed by atoms with Gasteiger partial charge in [0.2, 0.25) is 0 Å². The van der Waals surface area contributed by atoms with Crippen LogP contribution >= 0.6 is 15.9 Å². The zero-order valence-corrected chi connectivity index (χ0v) is 11.7. The smallest absolute Gasteiger partial charge is 0.129 e. The molecule has 1 aliphatic carbocycles. The summed E-state index contributed by atoms with van der Waals surface area (Å²) in [5.41, 5.74) is 0.645. The van der Waals surface area contributed by atoms with E-state index in [0.717, 1.165) is 23.2 Å². The molecular weight excluding hydrogens is 283 g/mol. The molecule has 0 N–H and O–H groups in total. The van der Waals surface area contributed by atoms with Crippen LogP contribution in [0.1, 0.15) is 38.2 Å². The van der Waals surface area contributed by atoms with Gasteiger partial charge < -0.3 is 4.74 Å². The number of hydrogen-bond acceptors (Lipinski definition) is 1. The molecule has 2 rings (SSSR count). The average Bonchev–Trinajstić information content (AvgIpc) is 2.30. The van der Waals surface area contributed by atoms with E-state index in [2.05, 4.69) is 22.9 Å². The second-order valence-corrected chi connectivity index (χ2v) is 5.84. The van der Waals surface area contributed by atoms with Crippen LogP contribution in [0.4, 0.5) is 4.39 Å². The fourth-order valence-electron chi connectivity index (χ4n) is 2.24. The summed E-state index contributed by atoms with van der Waals surface area (Å²) in [6.07, 6.45) is 4.99. The first-order valence-electron chi connectivity index (χ1n) is 6.20. The summed E-state index contributed by atoms with van der Waals surface area (Å²) in [7, 11) is 0. The van der Waals surface area contributed by atoms with Gasteiger partial charge in [0.1, 0.15) is 5.82 Å². The number of benzene rings is 1. The SMILES string of the molecule is CC1CCC(OCc2ccc(Br)cc2F)CC1. The monoisotopic (exact) mass is 300 g/mol. The zero-order valence-electron chi connectivity index (χ0n) is 10.1. The highest BCUT2D eigenvalue weighted by atomic mass is 79.9. The molecule has 0 unspecified atom stereocenters. The van der Waals surface area contributed by atoms with E-state index in [4.69, 9.17) is 4.74 Å². The highest BCUT2D eigenvalue weighted by Crippen LogP contribution is 2.26. The molecule has 1 aliphatic rings. The summed E-state index contributed by atoms with van der Waals surface area (Å²) < 4.78 is 20.1. The van der Waals surface area contributed by atoms with E-state index in [9.17, 15) is 4.39 Å². The van der Waals surface area contributed by atoms with Crippen LogP contribution in [-0.4, -0.2) is 6.10 Å². The van der Waals surface area contributed by atoms with Crippen molar-refractivity contribution < 1.29 is 9.13 Å². The maximum atomic E-state index is 13.6. The maximum absolute atomic E-state index is 13.6. The first-order chi connectivity index (χ1) is 8.15. The standard InChI is InChI=1S/C14H18BrFO/c1-10-2-6-13(7-3-10)17-9-11-4-5-12(15)8-14(11)16/h4-5,8,10,13H,2-3,6-7,9H2,1H3. The number of ether oxygens (including phenoxy) is 1. The summed E-state index contributed by atoms with van der Waals surface area (Å²) in [4.78, 5) is 0. The van der Waals surface area contributed by atoms with E-state index >= 15 is 0 Å². The van der Waals surface area contributed by atoms with Crippen LogP contribution in [-0.2, 0) is 11.3 Å². The van der Waals surface area contributed by atoms with E-state index < -0.39 is 0 Å². The molecule has 1 saturated carbocycles. The number of rotatable bonds is 3. The summed E-state index contributed by atoms with van der Waals surface area (Å²) in [5.74, 6) is 0.628. The fourth-order valence-corrected chi connectivity index (χ4v) is 2.58. The van der Waals surface area contributed by atoms with Crippen LogP contribution in [0.15, 0.2) is 22.7 Å². The number of hydrogen-bond donors (Lipinski definition) is 0. The van der Waals surface area contributed by atoms with Gasteiger partial charge in [-0.25, -0.2) is 4.39 Å². The van der Waals surface area contributed by atoms with Crippen LogP contribution in [0.5, 0.6) is 0 Å². The molecule has 0 heterocycles. The molecule has 17 heavy (non-hydrogen) atoms. The minimum absolute atomic E-state index is 0.191. The van der Waals surface area contributed by atoms with Crippen molar-refractivity contribution in [2.45, 2.75) is 45.3 Å². The molecule has 1 aromatic carbocycles. The van der Waals surface area contributed by atoms with Gasteiger partial charge in [0, 0.05) is 10.0 Å². The van der Waals surface area contributed by atoms with Crippen molar-refractivity contribution in [1.82, 2.24) is 0 Å². The Morgan fingerprint density at radius 3 is 2.65 bits per heavy atom. The first-order valence-corrected chi connectivity index (χ1v) is 7.00. The lowest BCUT2D eigenvalue weighted by Gasteiger charge is -2.26. The van der Waals surface area contributed by atoms with Crippen LogP contribution in [0.2, 0.25) is 0 Å². The van der Waals surface area contributed by atoms with Crippen molar-refractivity contribution in [3.05, 3.63) is 34.1 Å². The Balaban J connectivity index is 1.85. The highest BCUT2D eigenvalue weighted by molar-refractivity contribution is 9.10. The molecule has 3 heteroatoms. The Hall–Kier alpha value is -0.410. The van der Waals surface area contributed by atoms with Gasteiger partial charge in [-0.15, -0.1) is 0 Å². The summed E-state index contributed by atoms with van der Waals surface area (Å²) in [6, 6.07) is 5.12. The molecular formula is C14H18BrFO. The number of halogens is 2. The molecule has 0 atom stereocenters. The third-order valence-electron chi connectivity index (χ3n) is 3.45. The van der Waals surface area contributed by atoms with Crippen molar-refractivity contribution in [2.75, 3.05) is 0 Å². The van der Waals surface area contributed by atoms with E-state index in [1.807, 2.05) is 6.07 Å². The molecule has 0 aromatic heterocycles. The molecule has 0 radical (unpaired) electrons. The quantitative estimate of drug-likeness (QED) is 0.787. The minimum Gasteiger partial charge on any atom is -0.373 e. The van der Waals surface area contributed by atoms with Crippen molar-refractivity contribution in [2.24, 2.45) is 5.92 Å². The lowest BCUT2D eigenvalue weighted by Crippen LogP contribution is -2.20. The van der Waals surface area contributed by atoms with Crippen LogP contribution in [0.25, 0.3) is 0 Å². The van der Waals surface area contributed by atoms with Crippen molar-refractivity contribution in [3.63, 3.8) is 0 Å². The average molecular weight is 301 g/mol. The van der Waals surface area contributed by atoms with Crippen LogP contribution in [0.3, 0.4) is 0 Å². The Morgan fingerprint density at radius 2 is 2.00 bits per heavy atom. The van der Waals surface area contributed by atoms with E-state index in [1.165, 1.54) is 18.9 Å². The molecule has 94 valence electrons. The summed E-state index contributed by atoms with van der Waals surface area (Å²) in [5, 5.41) is 0. The van der Waals surface area contributed by atoms with Gasteiger partial charge in [0.25, 0.3) is 0 Å². The van der Waals surface area contributed by atoms with Crippen molar-refractivity contribution in [1.29, 1.82) is 0 Å². The van der Waals surface area contributed by atoms with E-state index in [-0.39, 0.29) is 5.82 Å². The zero-order chi connectivity index (χ0) is 12.3.